The number of aromatic nitrogens is 2. The Bertz CT molecular complexity index is 1090. The zero-order valence-corrected chi connectivity index (χ0v) is 18.6. The maximum atomic E-state index is 13.1. The van der Waals surface area contributed by atoms with Crippen LogP contribution in [0.3, 0.4) is 0 Å². The molecule has 2 heterocycles. The van der Waals surface area contributed by atoms with E-state index in [1.807, 2.05) is 27.7 Å². The Kier molecular flexibility index (Phi) is 6.89. The second-order valence-corrected chi connectivity index (χ2v) is 7.53. The maximum Gasteiger partial charge on any atom is 0.260 e. The van der Waals surface area contributed by atoms with Crippen LogP contribution in [0.15, 0.2) is 34.9 Å². The van der Waals surface area contributed by atoms with E-state index in [2.05, 4.69) is 15.5 Å². The van der Waals surface area contributed by atoms with E-state index in [1.54, 1.807) is 42.2 Å². The molecule has 0 aliphatic carbocycles. The second kappa shape index (κ2) is 9.59. The lowest BCUT2D eigenvalue weighted by molar-refractivity contribution is -0.132. The van der Waals surface area contributed by atoms with Crippen molar-refractivity contribution in [2.45, 2.75) is 40.5 Å². The predicted molar refractivity (Wildman–Crippen MR) is 118 cm³/mol. The summed E-state index contributed by atoms with van der Waals surface area (Å²) in [4.78, 5) is 31.4. The number of nitrogens with zero attached hydrogens (tertiary/aromatic N) is 3. The third kappa shape index (κ3) is 5.02. The van der Waals surface area contributed by atoms with E-state index in [-0.39, 0.29) is 24.3 Å². The van der Waals surface area contributed by atoms with E-state index in [0.717, 1.165) is 5.69 Å². The van der Waals surface area contributed by atoms with Crippen molar-refractivity contribution in [3.05, 3.63) is 47.3 Å². The molecule has 2 amide bonds. The van der Waals surface area contributed by atoms with Crippen molar-refractivity contribution in [3.8, 4) is 5.75 Å². The molecule has 2 aromatic heterocycles. The summed E-state index contributed by atoms with van der Waals surface area (Å²) in [6, 6.07) is 8.74. The van der Waals surface area contributed by atoms with E-state index >= 15 is 0 Å². The van der Waals surface area contributed by atoms with Gasteiger partial charge in [-0.1, -0.05) is 25.1 Å². The van der Waals surface area contributed by atoms with Crippen LogP contribution in [0.2, 0.25) is 0 Å². The van der Waals surface area contributed by atoms with E-state index < -0.39 is 0 Å². The van der Waals surface area contributed by atoms with Crippen LogP contribution in [0, 0.1) is 6.92 Å². The molecule has 0 unspecified atom stereocenters. The number of ether oxygens (including phenoxy) is 1. The van der Waals surface area contributed by atoms with Crippen LogP contribution in [0.5, 0.6) is 5.75 Å². The van der Waals surface area contributed by atoms with Crippen LogP contribution in [0.1, 0.15) is 55.4 Å². The number of amides is 2. The lowest BCUT2D eigenvalue weighted by atomic mass is 10.0. The highest BCUT2D eigenvalue weighted by Gasteiger charge is 2.20. The fourth-order valence-corrected chi connectivity index (χ4v) is 3.26. The van der Waals surface area contributed by atoms with Crippen LogP contribution in [0.4, 0.5) is 5.69 Å². The minimum atomic E-state index is -0.294. The first-order valence-electron chi connectivity index (χ1n) is 10.4. The molecule has 164 valence electrons. The summed E-state index contributed by atoms with van der Waals surface area (Å²) in [5.74, 6) is 0.253. The van der Waals surface area contributed by atoms with Gasteiger partial charge >= 0.3 is 0 Å². The number of carbonyl (C=O) groups is 2. The smallest absolute Gasteiger partial charge is 0.260 e. The molecule has 8 nitrogen and oxygen atoms in total. The van der Waals surface area contributed by atoms with Crippen molar-refractivity contribution in [1.29, 1.82) is 0 Å². The van der Waals surface area contributed by atoms with Crippen LogP contribution >= 0.6 is 0 Å². The number of carbonyl (C=O) groups excluding carboxylic acids is 2. The highest BCUT2D eigenvalue weighted by molar-refractivity contribution is 6.12. The van der Waals surface area contributed by atoms with Gasteiger partial charge < -0.3 is 19.5 Å². The van der Waals surface area contributed by atoms with Crippen molar-refractivity contribution in [3.63, 3.8) is 0 Å². The molecule has 0 bridgehead atoms. The molecular weight excluding hydrogens is 396 g/mol. The zero-order chi connectivity index (χ0) is 22.5. The maximum absolute atomic E-state index is 13.1. The van der Waals surface area contributed by atoms with Gasteiger partial charge in [-0.2, -0.15) is 0 Å². The highest BCUT2D eigenvalue weighted by atomic mass is 16.5. The molecule has 3 rings (SSSR count). The van der Waals surface area contributed by atoms with Gasteiger partial charge in [-0.05, 0) is 44.9 Å². The summed E-state index contributed by atoms with van der Waals surface area (Å²) in [6.45, 7) is 10.8. The molecule has 1 aromatic carbocycles. The van der Waals surface area contributed by atoms with Gasteiger partial charge in [-0.15, -0.1) is 0 Å². The van der Waals surface area contributed by atoms with Gasteiger partial charge in [0.25, 0.3) is 17.5 Å². The van der Waals surface area contributed by atoms with Crippen molar-refractivity contribution in [2.75, 3.05) is 25.0 Å². The summed E-state index contributed by atoms with van der Waals surface area (Å²) in [5.41, 5.74) is 2.72. The van der Waals surface area contributed by atoms with E-state index in [0.29, 0.717) is 46.9 Å². The van der Waals surface area contributed by atoms with Crippen LogP contribution < -0.4 is 10.1 Å². The molecule has 0 aliphatic rings. The molecule has 0 spiro atoms. The molecule has 0 radical (unpaired) electrons. The van der Waals surface area contributed by atoms with Crippen molar-refractivity contribution < 1.29 is 18.8 Å². The normalized spacial score (nSPS) is 11.0. The Morgan fingerprint density at radius 1 is 1.19 bits per heavy atom. The summed E-state index contributed by atoms with van der Waals surface area (Å²) in [6.07, 6.45) is 0. The number of fused-ring (bicyclic) bond motifs is 1. The molecule has 0 fully saturated rings. The summed E-state index contributed by atoms with van der Waals surface area (Å²) in [5, 5.41) is 7.45. The van der Waals surface area contributed by atoms with E-state index in [4.69, 9.17) is 9.26 Å². The van der Waals surface area contributed by atoms with Gasteiger partial charge in [-0.3, -0.25) is 9.59 Å². The number of likely N-dealkylation sites (N-methyl/N-ethyl adjacent to an activating group) is 1. The number of aryl methyl sites for hydroxylation is 1. The Balaban J connectivity index is 1.79. The fourth-order valence-electron chi connectivity index (χ4n) is 3.26. The van der Waals surface area contributed by atoms with Gasteiger partial charge in [0.1, 0.15) is 5.75 Å². The second-order valence-electron chi connectivity index (χ2n) is 7.53. The zero-order valence-electron chi connectivity index (χ0n) is 18.6. The molecule has 31 heavy (non-hydrogen) atoms. The van der Waals surface area contributed by atoms with Crippen molar-refractivity contribution in [1.82, 2.24) is 15.0 Å². The molecule has 3 aromatic rings. The molecule has 0 saturated heterocycles. The molecule has 0 aliphatic heterocycles. The minimum absolute atomic E-state index is 0.0539. The average Bonchev–Trinajstić information content (AvgIpc) is 3.13. The number of benzene rings is 1. The summed E-state index contributed by atoms with van der Waals surface area (Å²) in [7, 11) is 0. The summed E-state index contributed by atoms with van der Waals surface area (Å²) < 4.78 is 10.9. The van der Waals surface area contributed by atoms with E-state index in [1.165, 1.54) is 0 Å². The highest BCUT2D eigenvalue weighted by Crippen LogP contribution is 2.26. The van der Waals surface area contributed by atoms with Gasteiger partial charge in [0.2, 0.25) is 0 Å². The van der Waals surface area contributed by atoms with Crippen molar-refractivity contribution >= 4 is 28.6 Å². The van der Waals surface area contributed by atoms with E-state index in [9.17, 15) is 9.59 Å². The number of anilines is 1. The van der Waals surface area contributed by atoms with Gasteiger partial charge in [0, 0.05) is 30.5 Å². The number of nitrogens with one attached hydrogen (secondary N) is 1. The Morgan fingerprint density at radius 2 is 1.94 bits per heavy atom. The fraction of sp³-hybridized carbons (Fsp3) is 0.391. The first-order valence-corrected chi connectivity index (χ1v) is 10.4. The van der Waals surface area contributed by atoms with Crippen LogP contribution in [0.25, 0.3) is 11.1 Å². The topological polar surface area (TPSA) is 97.6 Å². The SMILES string of the molecule is CCN(CC)C(=O)COc1cccc(NC(=O)c2cc(C(C)C)nc3onc(C)c23)c1. The average molecular weight is 425 g/mol. The summed E-state index contributed by atoms with van der Waals surface area (Å²) >= 11 is 0. The number of hydrogen-bond acceptors (Lipinski definition) is 6. The monoisotopic (exact) mass is 424 g/mol. The van der Waals surface area contributed by atoms with Gasteiger partial charge in [0.15, 0.2) is 6.61 Å². The molecule has 1 N–H and O–H groups in total. The quantitative estimate of drug-likeness (QED) is 0.583. The van der Waals surface area contributed by atoms with Gasteiger partial charge in [-0.25, -0.2) is 4.98 Å². The predicted octanol–water partition coefficient (Wildman–Crippen LogP) is 4.15. The first-order chi connectivity index (χ1) is 14.8. The Hall–Kier alpha value is -3.42. The standard InChI is InChI=1S/C23H28N4O4/c1-6-27(7-2)20(28)13-30-17-10-8-9-16(11-17)24-22(29)18-12-19(14(3)4)25-23-21(18)15(5)26-31-23/h8-12,14H,6-7,13H2,1-5H3,(H,24,29). The van der Waals surface area contributed by atoms with Gasteiger partial charge in [0.05, 0.1) is 16.6 Å². The molecule has 0 saturated carbocycles. The lowest BCUT2D eigenvalue weighted by Crippen LogP contribution is -2.34. The Morgan fingerprint density at radius 3 is 2.61 bits per heavy atom. The number of pyridine rings is 1. The third-order valence-corrected chi connectivity index (χ3v) is 5.04. The molecule has 0 atom stereocenters. The Labute approximate surface area is 181 Å². The van der Waals surface area contributed by atoms with Crippen LogP contribution in [-0.2, 0) is 4.79 Å². The lowest BCUT2D eigenvalue weighted by Gasteiger charge is -2.18. The molecular formula is C23H28N4O4. The van der Waals surface area contributed by atoms with Crippen molar-refractivity contribution in [2.24, 2.45) is 0 Å². The number of hydrogen-bond donors (Lipinski definition) is 1. The number of rotatable bonds is 8. The molecule has 8 heteroatoms. The minimum Gasteiger partial charge on any atom is -0.484 e. The van der Waals surface area contributed by atoms with Crippen LogP contribution in [-0.4, -0.2) is 46.6 Å². The first kappa shape index (κ1) is 22.3. The largest absolute Gasteiger partial charge is 0.484 e. The third-order valence-electron chi connectivity index (χ3n) is 5.04.